The summed E-state index contributed by atoms with van der Waals surface area (Å²) in [5.41, 5.74) is 9.77. The van der Waals surface area contributed by atoms with Crippen molar-refractivity contribution in [3.63, 3.8) is 0 Å². The van der Waals surface area contributed by atoms with E-state index in [4.69, 9.17) is 4.74 Å². The topological polar surface area (TPSA) is 15.5 Å². The number of hydrogen-bond donors (Lipinski definition) is 0. The molecule has 0 saturated carbocycles. The fraction of sp³-hybridized carbons (Fsp3) is 0.552. The molecule has 0 N–H and O–H groups in total. The first-order valence-electron chi connectivity index (χ1n) is 12.3. The lowest BCUT2D eigenvalue weighted by Crippen LogP contribution is -2.22. The molecule has 3 nitrogen and oxygen atoms in total. The van der Waals surface area contributed by atoms with Crippen LogP contribution in [0, 0.1) is 6.92 Å². The molecule has 0 radical (unpaired) electrons. The van der Waals surface area contributed by atoms with E-state index in [1.165, 1.54) is 39.2 Å². The highest BCUT2D eigenvalue weighted by atomic mass is 16.5. The van der Waals surface area contributed by atoms with Gasteiger partial charge in [0.15, 0.2) is 0 Å². The summed E-state index contributed by atoms with van der Waals surface area (Å²) < 4.78 is 8.16. The average Bonchev–Trinajstić information content (AvgIpc) is 3.21. The molecule has 0 unspecified atom stereocenters. The Morgan fingerprint density at radius 1 is 0.750 bits per heavy atom. The Hall–Kier alpha value is -2.29. The summed E-state index contributed by atoms with van der Waals surface area (Å²) in [6, 6.07) is 9.23. The van der Waals surface area contributed by atoms with E-state index < -0.39 is 0 Å². The second kappa shape index (κ2) is 9.68. The predicted molar refractivity (Wildman–Crippen MR) is 139 cm³/mol. The molecule has 0 atom stereocenters. The van der Waals surface area contributed by atoms with Crippen molar-refractivity contribution in [1.29, 1.82) is 0 Å². The molecule has 0 aliphatic carbocycles. The fourth-order valence-electron chi connectivity index (χ4n) is 4.87. The van der Waals surface area contributed by atoms with Crippen molar-refractivity contribution in [1.82, 2.24) is 0 Å². The SMILES string of the molecule is COc1cc(C(C)C)c(N2C=[N+](c3c(C(C)C)cc(C)cc3C(C)C)CC2)c(C(C)C)c1. The van der Waals surface area contributed by atoms with Crippen LogP contribution in [0.5, 0.6) is 5.75 Å². The lowest BCUT2D eigenvalue weighted by Gasteiger charge is -2.22. The molecule has 1 aliphatic heterocycles. The number of methoxy groups -OCH3 is 1. The zero-order valence-corrected chi connectivity index (χ0v) is 21.9. The van der Waals surface area contributed by atoms with Gasteiger partial charge in [0.05, 0.1) is 7.11 Å². The van der Waals surface area contributed by atoms with Crippen LogP contribution in [-0.2, 0) is 0 Å². The zero-order chi connectivity index (χ0) is 23.7. The van der Waals surface area contributed by atoms with Crippen molar-refractivity contribution in [2.45, 2.75) is 86.0 Å². The molecule has 1 aliphatic rings. The summed E-state index contributed by atoms with van der Waals surface area (Å²) in [5, 5.41) is 0. The Balaban J connectivity index is 2.20. The van der Waals surface area contributed by atoms with Crippen LogP contribution in [0.2, 0.25) is 0 Å². The minimum absolute atomic E-state index is 0.428. The van der Waals surface area contributed by atoms with Gasteiger partial charge in [-0.05, 0) is 42.7 Å². The molecular formula is C29H43N2O+. The first kappa shape index (κ1) is 24.4. The van der Waals surface area contributed by atoms with Gasteiger partial charge in [-0.15, -0.1) is 0 Å². The van der Waals surface area contributed by atoms with Gasteiger partial charge in [-0.2, -0.15) is 0 Å². The van der Waals surface area contributed by atoms with Crippen molar-refractivity contribution in [2.24, 2.45) is 0 Å². The lowest BCUT2D eigenvalue weighted by molar-refractivity contribution is -0.425. The molecule has 0 amide bonds. The molecule has 0 aromatic heterocycles. The molecule has 32 heavy (non-hydrogen) atoms. The first-order chi connectivity index (χ1) is 15.0. The molecular weight excluding hydrogens is 392 g/mol. The highest BCUT2D eigenvalue weighted by Crippen LogP contribution is 2.41. The molecule has 2 aromatic rings. The number of rotatable bonds is 7. The van der Waals surface area contributed by atoms with Gasteiger partial charge in [-0.3, -0.25) is 0 Å². The zero-order valence-electron chi connectivity index (χ0n) is 21.9. The van der Waals surface area contributed by atoms with E-state index >= 15 is 0 Å². The first-order valence-corrected chi connectivity index (χ1v) is 12.3. The molecule has 0 saturated heterocycles. The van der Waals surface area contributed by atoms with E-state index in [1.807, 2.05) is 0 Å². The molecule has 0 fully saturated rings. The molecule has 1 heterocycles. The van der Waals surface area contributed by atoms with Gasteiger partial charge in [0.25, 0.3) is 0 Å². The van der Waals surface area contributed by atoms with Crippen LogP contribution in [0.3, 0.4) is 0 Å². The minimum Gasteiger partial charge on any atom is -0.497 e. The second-order valence-corrected chi connectivity index (χ2v) is 10.6. The Morgan fingerprint density at radius 3 is 1.62 bits per heavy atom. The lowest BCUT2D eigenvalue weighted by atomic mass is 9.90. The Kier molecular flexibility index (Phi) is 7.37. The Labute approximate surface area is 196 Å². The Bertz CT molecular complexity index is 940. The third-order valence-electron chi connectivity index (χ3n) is 6.61. The quantitative estimate of drug-likeness (QED) is 0.414. The van der Waals surface area contributed by atoms with Crippen molar-refractivity contribution >= 4 is 17.7 Å². The maximum Gasteiger partial charge on any atom is 0.244 e. The number of benzene rings is 2. The van der Waals surface area contributed by atoms with E-state index in [-0.39, 0.29) is 0 Å². The van der Waals surface area contributed by atoms with Gasteiger partial charge in [0, 0.05) is 22.3 Å². The monoisotopic (exact) mass is 435 g/mol. The van der Waals surface area contributed by atoms with Gasteiger partial charge in [-0.1, -0.05) is 73.1 Å². The smallest absolute Gasteiger partial charge is 0.244 e. The van der Waals surface area contributed by atoms with Gasteiger partial charge >= 0.3 is 0 Å². The van der Waals surface area contributed by atoms with Crippen LogP contribution >= 0.6 is 0 Å². The number of aryl methyl sites for hydroxylation is 1. The number of nitrogens with zero attached hydrogens (tertiary/aromatic N) is 2. The molecule has 0 bridgehead atoms. The van der Waals surface area contributed by atoms with Crippen LogP contribution in [-0.4, -0.2) is 31.1 Å². The number of hydrogen-bond acceptors (Lipinski definition) is 2. The normalized spacial score (nSPS) is 14.3. The average molecular weight is 436 g/mol. The van der Waals surface area contributed by atoms with Gasteiger partial charge in [-0.25, -0.2) is 9.48 Å². The molecule has 0 spiro atoms. The van der Waals surface area contributed by atoms with E-state index in [0.29, 0.717) is 23.7 Å². The highest BCUT2D eigenvalue weighted by Gasteiger charge is 2.32. The largest absolute Gasteiger partial charge is 0.497 e. The molecule has 174 valence electrons. The summed E-state index contributed by atoms with van der Waals surface area (Å²) >= 11 is 0. The van der Waals surface area contributed by atoms with Crippen LogP contribution in [0.1, 0.15) is 107 Å². The minimum atomic E-state index is 0.428. The van der Waals surface area contributed by atoms with E-state index in [9.17, 15) is 0 Å². The highest BCUT2D eigenvalue weighted by molar-refractivity contribution is 5.83. The maximum absolute atomic E-state index is 5.66. The maximum atomic E-state index is 5.66. The summed E-state index contributed by atoms with van der Waals surface area (Å²) in [6.45, 7) is 22.6. The second-order valence-electron chi connectivity index (χ2n) is 10.6. The van der Waals surface area contributed by atoms with Crippen molar-refractivity contribution in [2.75, 3.05) is 25.1 Å². The van der Waals surface area contributed by atoms with Crippen LogP contribution in [0.15, 0.2) is 24.3 Å². The fourth-order valence-corrected chi connectivity index (χ4v) is 4.87. The number of anilines is 1. The molecule has 2 aromatic carbocycles. The Morgan fingerprint density at radius 2 is 1.22 bits per heavy atom. The summed E-state index contributed by atoms with van der Waals surface area (Å²) in [7, 11) is 1.77. The van der Waals surface area contributed by atoms with Crippen molar-refractivity contribution in [3.8, 4) is 5.75 Å². The summed E-state index contributed by atoms with van der Waals surface area (Å²) in [5.74, 6) is 2.79. The van der Waals surface area contributed by atoms with Gasteiger partial charge in [0.1, 0.15) is 30.2 Å². The van der Waals surface area contributed by atoms with E-state index in [1.54, 1.807) is 7.11 Å². The third-order valence-corrected chi connectivity index (χ3v) is 6.61. The molecule has 3 rings (SSSR count). The predicted octanol–water partition coefficient (Wildman–Crippen LogP) is 7.69. The van der Waals surface area contributed by atoms with Crippen LogP contribution in [0.25, 0.3) is 0 Å². The molecule has 3 heteroatoms. The number of ether oxygens (including phenoxy) is 1. The van der Waals surface area contributed by atoms with E-state index in [0.717, 1.165) is 18.8 Å². The van der Waals surface area contributed by atoms with E-state index in [2.05, 4.69) is 102 Å². The summed E-state index contributed by atoms with van der Waals surface area (Å²) in [4.78, 5) is 2.48. The third kappa shape index (κ3) is 4.72. The standard InChI is InChI=1S/C29H43N2O/c1-18(2)24-13-22(9)14-25(19(3)4)28(24)30-11-12-31(17-30)29-26(20(5)6)15-23(32-10)16-27(29)21(7)8/h13-21H,11-12H2,1-10H3/q+1. The summed E-state index contributed by atoms with van der Waals surface area (Å²) in [6.07, 6.45) is 2.36. The van der Waals surface area contributed by atoms with Gasteiger partial charge in [0.2, 0.25) is 6.34 Å². The van der Waals surface area contributed by atoms with Crippen LogP contribution in [0.4, 0.5) is 11.4 Å². The van der Waals surface area contributed by atoms with Crippen LogP contribution < -0.4 is 9.64 Å². The van der Waals surface area contributed by atoms with Crippen molar-refractivity contribution in [3.05, 3.63) is 52.1 Å². The van der Waals surface area contributed by atoms with Crippen molar-refractivity contribution < 1.29 is 9.31 Å². The van der Waals surface area contributed by atoms with Gasteiger partial charge < -0.3 is 4.74 Å².